The van der Waals surface area contributed by atoms with Gasteiger partial charge in [-0.3, -0.25) is 9.89 Å². The van der Waals surface area contributed by atoms with E-state index >= 15 is 0 Å². The van der Waals surface area contributed by atoms with E-state index in [1.807, 2.05) is 19.2 Å². The molecule has 2 N–H and O–H groups in total. The van der Waals surface area contributed by atoms with Crippen molar-refractivity contribution in [2.24, 2.45) is 4.99 Å². The van der Waals surface area contributed by atoms with Crippen LogP contribution < -0.4 is 10.6 Å². The van der Waals surface area contributed by atoms with Crippen LogP contribution in [0.4, 0.5) is 0 Å². The number of furan rings is 1. The minimum absolute atomic E-state index is 0. The Labute approximate surface area is 150 Å². The summed E-state index contributed by atoms with van der Waals surface area (Å²) in [5, 5.41) is 6.78. The van der Waals surface area contributed by atoms with Crippen molar-refractivity contribution < 1.29 is 4.42 Å². The number of halogens is 1. The van der Waals surface area contributed by atoms with E-state index in [1.165, 1.54) is 32.4 Å². The van der Waals surface area contributed by atoms with Crippen molar-refractivity contribution in [2.45, 2.75) is 38.6 Å². The molecule has 1 aromatic heterocycles. The van der Waals surface area contributed by atoms with Gasteiger partial charge in [0.2, 0.25) is 0 Å². The minimum atomic E-state index is 0. The number of rotatable bonds is 7. The van der Waals surface area contributed by atoms with Crippen LogP contribution in [0.3, 0.4) is 0 Å². The number of hydrogen-bond donors (Lipinski definition) is 2. The second-order valence-electron chi connectivity index (χ2n) is 5.51. The molecule has 0 bridgehead atoms. The molecule has 5 nitrogen and oxygen atoms in total. The molecule has 126 valence electrons. The lowest BCUT2D eigenvalue weighted by Gasteiger charge is -2.27. The van der Waals surface area contributed by atoms with Crippen molar-refractivity contribution >= 4 is 29.9 Å². The van der Waals surface area contributed by atoms with Crippen LogP contribution in [-0.2, 0) is 6.42 Å². The van der Waals surface area contributed by atoms with Crippen LogP contribution in [-0.4, -0.2) is 50.1 Å². The lowest BCUT2D eigenvalue weighted by molar-refractivity contribution is 0.236. The van der Waals surface area contributed by atoms with E-state index in [2.05, 4.69) is 27.4 Å². The zero-order valence-corrected chi connectivity index (χ0v) is 16.0. The Morgan fingerprint density at radius 3 is 2.73 bits per heavy atom. The molecule has 2 heterocycles. The van der Waals surface area contributed by atoms with Crippen molar-refractivity contribution in [3.05, 3.63) is 24.2 Å². The maximum atomic E-state index is 5.33. The lowest BCUT2D eigenvalue weighted by atomic mass is 10.2. The van der Waals surface area contributed by atoms with Crippen LogP contribution in [0.2, 0.25) is 0 Å². The molecule has 1 aliphatic heterocycles. The monoisotopic (exact) mass is 420 g/mol. The van der Waals surface area contributed by atoms with Crippen LogP contribution in [0.1, 0.15) is 31.9 Å². The van der Waals surface area contributed by atoms with Gasteiger partial charge in [-0.25, -0.2) is 0 Å². The summed E-state index contributed by atoms with van der Waals surface area (Å²) in [7, 11) is 1.82. The molecule has 6 heteroatoms. The van der Waals surface area contributed by atoms with Gasteiger partial charge in [-0.05, 0) is 44.5 Å². The highest BCUT2D eigenvalue weighted by molar-refractivity contribution is 14.0. The van der Waals surface area contributed by atoms with Crippen molar-refractivity contribution in [2.75, 3.05) is 33.2 Å². The highest BCUT2D eigenvalue weighted by atomic mass is 127. The zero-order chi connectivity index (χ0) is 14.9. The fourth-order valence-corrected chi connectivity index (χ4v) is 2.83. The Morgan fingerprint density at radius 1 is 1.36 bits per heavy atom. The molecule has 1 unspecified atom stereocenters. The van der Waals surface area contributed by atoms with Crippen LogP contribution in [0.25, 0.3) is 0 Å². The van der Waals surface area contributed by atoms with Gasteiger partial charge in [0.15, 0.2) is 5.96 Å². The summed E-state index contributed by atoms with van der Waals surface area (Å²) in [5.74, 6) is 1.88. The Kier molecular flexibility index (Phi) is 9.54. The maximum absolute atomic E-state index is 5.33. The van der Waals surface area contributed by atoms with Gasteiger partial charge in [0.1, 0.15) is 5.76 Å². The molecule has 1 atom stereocenters. The Hall–Kier alpha value is -0.760. The van der Waals surface area contributed by atoms with E-state index in [4.69, 9.17) is 4.42 Å². The van der Waals surface area contributed by atoms with Crippen LogP contribution in [0.15, 0.2) is 27.8 Å². The third-order valence-corrected chi connectivity index (χ3v) is 4.10. The van der Waals surface area contributed by atoms with Gasteiger partial charge in [0, 0.05) is 32.6 Å². The molecular formula is C16H29IN4O. The van der Waals surface area contributed by atoms with E-state index in [-0.39, 0.29) is 24.0 Å². The fourth-order valence-electron chi connectivity index (χ4n) is 2.83. The highest BCUT2D eigenvalue weighted by Gasteiger charge is 2.20. The maximum Gasteiger partial charge on any atom is 0.191 e. The number of hydrogen-bond acceptors (Lipinski definition) is 3. The summed E-state index contributed by atoms with van der Waals surface area (Å²) in [5.41, 5.74) is 0. The second kappa shape index (κ2) is 10.9. The van der Waals surface area contributed by atoms with E-state index < -0.39 is 0 Å². The molecule has 1 aromatic rings. The van der Waals surface area contributed by atoms with Gasteiger partial charge in [-0.2, -0.15) is 0 Å². The first-order valence-corrected chi connectivity index (χ1v) is 8.04. The quantitative estimate of drug-likeness (QED) is 0.404. The van der Waals surface area contributed by atoms with Crippen molar-refractivity contribution in [3.63, 3.8) is 0 Å². The Balaban J connectivity index is 0.00000242. The predicted octanol–water partition coefficient (Wildman–Crippen LogP) is 2.48. The first-order chi connectivity index (χ1) is 10.3. The molecule has 2 rings (SSSR count). The summed E-state index contributed by atoms with van der Waals surface area (Å²) < 4.78 is 5.33. The van der Waals surface area contributed by atoms with E-state index in [1.54, 1.807) is 6.26 Å². The number of likely N-dealkylation sites (tertiary alicyclic amines) is 1. The highest BCUT2D eigenvalue weighted by Crippen LogP contribution is 2.13. The van der Waals surface area contributed by atoms with Gasteiger partial charge in [0.25, 0.3) is 0 Å². The van der Waals surface area contributed by atoms with Gasteiger partial charge >= 0.3 is 0 Å². The molecule has 1 saturated heterocycles. The number of guanidine groups is 1. The Bertz CT molecular complexity index is 416. The minimum Gasteiger partial charge on any atom is -0.469 e. The third-order valence-electron chi connectivity index (χ3n) is 4.10. The van der Waals surface area contributed by atoms with Crippen LogP contribution >= 0.6 is 24.0 Å². The molecule has 1 fully saturated rings. The largest absolute Gasteiger partial charge is 0.469 e. The third kappa shape index (κ3) is 6.16. The average Bonchev–Trinajstić information content (AvgIpc) is 3.19. The van der Waals surface area contributed by atoms with Crippen LogP contribution in [0, 0.1) is 0 Å². The molecule has 0 spiro atoms. The topological polar surface area (TPSA) is 52.8 Å². The zero-order valence-electron chi connectivity index (χ0n) is 13.7. The molecule has 1 aliphatic rings. The average molecular weight is 420 g/mol. The fraction of sp³-hybridized carbons (Fsp3) is 0.688. The second-order valence-corrected chi connectivity index (χ2v) is 5.51. The molecule has 0 aliphatic carbocycles. The van der Waals surface area contributed by atoms with Crippen molar-refractivity contribution in [1.29, 1.82) is 0 Å². The van der Waals surface area contributed by atoms with E-state index in [0.717, 1.165) is 31.2 Å². The number of nitrogens with one attached hydrogen (secondary N) is 2. The summed E-state index contributed by atoms with van der Waals surface area (Å²) in [6.07, 6.45) is 6.44. The summed E-state index contributed by atoms with van der Waals surface area (Å²) in [6.45, 7) is 6.53. The standard InChI is InChI=1S/C16H28N4O.HI/c1-3-14(20-10-4-5-11-20)13-19-16(17-2)18-9-8-15-7-6-12-21-15;/h6-7,12,14H,3-5,8-11,13H2,1-2H3,(H2,17,18,19);1H. The smallest absolute Gasteiger partial charge is 0.191 e. The lowest BCUT2D eigenvalue weighted by Crippen LogP contribution is -2.46. The van der Waals surface area contributed by atoms with Gasteiger partial charge in [0.05, 0.1) is 6.26 Å². The van der Waals surface area contributed by atoms with Crippen molar-refractivity contribution in [1.82, 2.24) is 15.5 Å². The first kappa shape index (κ1) is 19.3. The van der Waals surface area contributed by atoms with Crippen LogP contribution in [0.5, 0.6) is 0 Å². The molecule has 0 radical (unpaired) electrons. The van der Waals surface area contributed by atoms with Gasteiger partial charge in [-0.15, -0.1) is 24.0 Å². The first-order valence-electron chi connectivity index (χ1n) is 8.04. The molecule has 0 amide bonds. The predicted molar refractivity (Wildman–Crippen MR) is 102 cm³/mol. The van der Waals surface area contributed by atoms with Gasteiger partial charge < -0.3 is 15.1 Å². The molecular weight excluding hydrogens is 391 g/mol. The summed E-state index contributed by atoms with van der Waals surface area (Å²) >= 11 is 0. The SMILES string of the molecule is CCC(CNC(=NC)NCCc1ccco1)N1CCCC1.I. The van der Waals surface area contributed by atoms with E-state index in [0.29, 0.717) is 6.04 Å². The normalized spacial score (nSPS) is 17.1. The van der Waals surface area contributed by atoms with Crippen molar-refractivity contribution in [3.8, 4) is 0 Å². The van der Waals surface area contributed by atoms with Gasteiger partial charge in [-0.1, -0.05) is 6.92 Å². The van der Waals surface area contributed by atoms with E-state index in [9.17, 15) is 0 Å². The summed E-state index contributed by atoms with van der Waals surface area (Å²) in [6, 6.07) is 4.53. The summed E-state index contributed by atoms with van der Waals surface area (Å²) in [4.78, 5) is 6.87. The molecule has 22 heavy (non-hydrogen) atoms. The number of nitrogens with zero attached hydrogens (tertiary/aromatic N) is 2. The molecule has 0 saturated carbocycles. The molecule has 0 aromatic carbocycles. The number of aliphatic imine (C=N–C) groups is 1. The Morgan fingerprint density at radius 2 is 2.14 bits per heavy atom.